The molecule has 0 spiro atoms. The molecule has 1 aromatic rings. The molecule has 1 N–H and O–H groups in total. The van der Waals surface area contributed by atoms with Crippen molar-refractivity contribution in [3.05, 3.63) is 29.1 Å². The first-order valence-corrected chi connectivity index (χ1v) is 7.93. The summed E-state index contributed by atoms with van der Waals surface area (Å²) in [6.45, 7) is 3.92. The summed E-state index contributed by atoms with van der Waals surface area (Å²) in [5, 5.41) is 4.89. The van der Waals surface area contributed by atoms with E-state index in [9.17, 15) is 9.00 Å². The van der Waals surface area contributed by atoms with Crippen LogP contribution in [0.5, 0.6) is 0 Å². The number of aryl methyl sites for hydroxylation is 1. The number of nitrogens with one attached hydrogen (secondary N) is 1. The Morgan fingerprint density at radius 2 is 2.15 bits per heavy atom. The Morgan fingerprint density at radius 1 is 1.35 bits per heavy atom. The van der Waals surface area contributed by atoms with Crippen LogP contribution in [0.1, 0.15) is 42.6 Å². The number of amides is 1. The van der Waals surface area contributed by atoms with Crippen LogP contribution in [0.15, 0.2) is 12.2 Å². The quantitative estimate of drug-likeness (QED) is 0.907. The summed E-state index contributed by atoms with van der Waals surface area (Å²) >= 11 is 0. The number of aromatic nitrogens is 2. The Morgan fingerprint density at radius 3 is 2.75 bits per heavy atom. The van der Waals surface area contributed by atoms with Crippen LogP contribution < -0.4 is 4.72 Å². The summed E-state index contributed by atoms with van der Waals surface area (Å²) in [7, 11) is -1.51. The van der Waals surface area contributed by atoms with E-state index in [0.29, 0.717) is 5.03 Å². The zero-order valence-corrected chi connectivity index (χ0v) is 12.4. The first kappa shape index (κ1) is 13.3. The molecule has 1 aliphatic carbocycles. The molecule has 3 rings (SSSR count). The van der Waals surface area contributed by atoms with E-state index >= 15 is 0 Å². The molecule has 1 aromatic heterocycles. The topological polar surface area (TPSA) is 64.0 Å². The van der Waals surface area contributed by atoms with Gasteiger partial charge in [0.15, 0.2) is 16.0 Å². The van der Waals surface area contributed by atoms with Gasteiger partial charge >= 0.3 is 0 Å². The van der Waals surface area contributed by atoms with Crippen LogP contribution >= 0.6 is 0 Å². The summed E-state index contributed by atoms with van der Waals surface area (Å²) in [6.07, 6.45) is 8.23. The molecule has 5 nitrogen and oxygen atoms in total. The van der Waals surface area contributed by atoms with Crippen LogP contribution in [0.2, 0.25) is 0 Å². The Balaban J connectivity index is 2.07. The molecule has 2 heterocycles. The molecule has 106 valence electrons. The van der Waals surface area contributed by atoms with Crippen LogP contribution in [0.3, 0.4) is 0 Å². The van der Waals surface area contributed by atoms with Crippen molar-refractivity contribution in [2.75, 3.05) is 0 Å². The fraction of sp³-hybridized carbons (Fsp3) is 0.429. The van der Waals surface area contributed by atoms with Gasteiger partial charge in [-0.15, -0.1) is 0 Å². The van der Waals surface area contributed by atoms with E-state index in [1.54, 1.807) is 4.68 Å². The predicted octanol–water partition coefficient (Wildman–Crippen LogP) is 2.05. The third-order valence-corrected chi connectivity index (χ3v) is 4.81. The Hall–Kier alpha value is -1.69. The number of hydrogen-bond acceptors (Lipinski definition) is 3. The molecule has 0 aromatic carbocycles. The molecule has 1 unspecified atom stereocenters. The van der Waals surface area contributed by atoms with E-state index in [0.717, 1.165) is 29.8 Å². The van der Waals surface area contributed by atoms with Gasteiger partial charge in [0.25, 0.3) is 5.91 Å². The van der Waals surface area contributed by atoms with E-state index in [4.69, 9.17) is 0 Å². The molecule has 6 heteroatoms. The molecule has 0 saturated carbocycles. The highest BCUT2D eigenvalue weighted by molar-refractivity contribution is 7.93. The van der Waals surface area contributed by atoms with Crippen molar-refractivity contribution >= 4 is 27.5 Å². The lowest BCUT2D eigenvalue weighted by molar-refractivity contribution is -0.114. The minimum atomic E-state index is -1.51. The molecule has 0 saturated heterocycles. The summed E-state index contributed by atoms with van der Waals surface area (Å²) in [5.74, 6) is -0.329. The van der Waals surface area contributed by atoms with Crippen molar-refractivity contribution in [1.82, 2.24) is 14.5 Å². The Bertz CT molecular complexity index is 670. The third-order valence-electron chi connectivity index (χ3n) is 3.75. The van der Waals surface area contributed by atoms with E-state index in [-0.39, 0.29) is 5.91 Å². The number of carbonyl (C=O) groups excluding carboxylic acids is 1. The maximum atomic E-state index is 11.9. The van der Waals surface area contributed by atoms with Crippen molar-refractivity contribution in [3.63, 3.8) is 0 Å². The minimum absolute atomic E-state index is 0.329. The molecule has 0 fully saturated rings. The van der Waals surface area contributed by atoms with Gasteiger partial charge < -0.3 is 0 Å². The smallest absolute Gasteiger partial charge is 0.258 e. The number of allylic oxidation sites excluding steroid dienone is 2. The van der Waals surface area contributed by atoms with Crippen LogP contribution in [-0.4, -0.2) is 19.9 Å². The highest BCUT2D eigenvalue weighted by Gasteiger charge is 2.26. The standard InChI is InChI=1S/C14H17N3O2S/c1-9-14(11-6-4-3-5-7-11)10(2)17(15-9)13-8-12(18)16-20(13)19/h6,8H,3-5,7H2,1-2H3,(H,16,18). The van der Waals surface area contributed by atoms with Crippen molar-refractivity contribution in [2.24, 2.45) is 0 Å². The Kier molecular flexibility index (Phi) is 3.33. The number of hydrogen-bond donors (Lipinski definition) is 1. The van der Waals surface area contributed by atoms with Crippen molar-refractivity contribution in [1.29, 1.82) is 0 Å². The van der Waals surface area contributed by atoms with Crippen molar-refractivity contribution in [3.8, 4) is 0 Å². The largest absolute Gasteiger partial charge is 0.269 e. The monoisotopic (exact) mass is 291 g/mol. The second-order valence-electron chi connectivity index (χ2n) is 5.15. The zero-order chi connectivity index (χ0) is 14.3. The lowest BCUT2D eigenvalue weighted by Crippen LogP contribution is -2.17. The molecular weight excluding hydrogens is 274 g/mol. The minimum Gasteiger partial charge on any atom is -0.269 e. The summed E-state index contributed by atoms with van der Waals surface area (Å²) in [4.78, 5) is 11.3. The maximum Gasteiger partial charge on any atom is 0.258 e. The normalized spacial score (nSPS) is 22.5. The van der Waals surface area contributed by atoms with E-state index in [1.165, 1.54) is 24.5 Å². The molecule has 1 atom stereocenters. The maximum absolute atomic E-state index is 11.9. The molecule has 1 aliphatic heterocycles. The van der Waals surface area contributed by atoms with Crippen LogP contribution in [0.4, 0.5) is 0 Å². The van der Waals surface area contributed by atoms with Gasteiger partial charge in [0.1, 0.15) is 0 Å². The van der Waals surface area contributed by atoms with Gasteiger partial charge in [-0.3, -0.25) is 9.52 Å². The molecule has 0 radical (unpaired) electrons. The number of carbonyl (C=O) groups is 1. The van der Waals surface area contributed by atoms with Gasteiger partial charge in [0.2, 0.25) is 0 Å². The number of rotatable bonds is 2. The molecule has 1 amide bonds. The van der Waals surface area contributed by atoms with Gasteiger partial charge in [0, 0.05) is 17.3 Å². The third kappa shape index (κ3) is 2.14. The Labute approximate surface area is 120 Å². The van der Waals surface area contributed by atoms with Gasteiger partial charge in [-0.25, -0.2) is 8.89 Å². The lowest BCUT2D eigenvalue weighted by atomic mass is 9.92. The zero-order valence-electron chi connectivity index (χ0n) is 11.6. The second-order valence-corrected chi connectivity index (χ2v) is 6.31. The van der Waals surface area contributed by atoms with Crippen LogP contribution in [-0.2, 0) is 15.8 Å². The first-order chi connectivity index (χ1) is 9.58. The molecule has 0 bridgehead atoms. The highest BCUT2D eigenvalue weighted by atomic mass is 32.2. The molecule has 20 heavy (non-hydrogen) atoms. The van der Waals surface area contributed by atoms with E-state index < -0.39 is 11.0 Å². The first-order valence-electron chi connectivity index (χ1n) is 6.78. The second kappa shape index (κ2) is 5.01. The summed E-state index contributed by atoms with van der Waals surface area (Å²) in [5.41, 5.74) is 4.34. The van der Waals surface area contributed by atoms with Gasteiger partial charge in [-0.2, -0.15) is 5.10 Å². The van der Waals surface area contributed by atoms with Gasteiger partial charge in [-0.1, -0.05) is 6.08 Å². The molecular formula is C14H17N3O2S. The number of nitrogens with zero attached hydrogens (tertiary/aromatic N) is 2. The SMILES string of the molecule is Cc1nn(C2=CC(=O)NS2=O)c(C)c1C1=CCCCC1. The average Bonchev–Trinajstić information content (AvgIpc) is 2.90. The molecule has 2 aliphatic rings. The van der Waals surface area contributed by atoms with Crippen LogP contribution in [0.25, 0.3) is 10.6 Å². The van der Waals surface area contributed by atoms with Crippen molar-refractivity contribution in [2.45, 2.75) is 39.5 Å². The highest BCUT2D eigenvalue weighted by Crippen LogP contribution is 2.32. The van der Waals surface area contributed by atoms with Gasteiger partial charge in [0.05, 0.1) is 5.69 Å². The van der Waals surface area contributed by atoms with E-state index in [2.05, 4.69) is 15.9 Å². The lowest BCUT2D eigenvalue weighted by Gasteiger charge is -2.13. The van der Waals surface area contributed by atoms with Crippen molar-refractivity contribution < 1.29 is 9.00 Å². The summed E-state index contributed by atoms with van der Waals surface area (Å²) < 4.78 is 15.9. The van der Waals surface area contributed by atoms with Gasteiger partial charge in [-0.05, 0) is 45.1 Å². The van der Waals surface area contributed by atoms with Crippen LogP contribution in [0, 0.1) is 13.8 Å². The van der Waals surface area contributed by atoms with E-state index in [1.807, 2.05) is 13.8 Å². The average molecular weight is 291 g/mol. The fourth-order valence-corrected chi connectivity index (χ4v) is 3.76. The summed E-state index contributed by atoms with van der Waals surface area (Å²) in [6, 6.07) is 0. The predicted molar refractivity (Wildman–Crippen MR) is 78.7 cm³/mol. The fourth-order valence-electron chi connectivity index (χ4n) is 2.87.